The molecule has 0 bridgehead atoms. The summed E-state index contributed by atoms with van der Waals surface area (Å²) in [5.41, 5.74) is 0. The Morgan fingerprint density at radius 1 is 1.88 bits per heavy atom. The van der Waals surface area contributed by atoms with Gasteiger partial charge in [0.2, 0.25) is 0 Å². The van der Waals surface area contributed by atoms with Gasteiger partial charge in [0.15, 0.2) is 0 Å². The molecular weight excluding hydrogens is 144 g/mol. The van der Waals surface area contributed by atoms with Gasteiger partial charge < -0.3 is 4.18 Å². The standard InChI is InChI=1S/C4H8O2S2/c1-3(7)2-4(5)6-8/h3,7-8H,2H2,1H3. The van der Waals surface area contributed by atoms with Crippen LogP contribution in [-0.4, -0.2) is 11.2 Å². The van der Waals surface area contributed by atoms with E-state index < -0.39 is 0 Å². The summed E-state index contributed by atoms with van der Waals surface area (Å²) in [6.45, 7) is 1.81. The molecule has 0 aliphatic carbocycles. The quantitative estimate of drug-likeness (QED) is 0.457. The van der Waals surface area contributed by atoms with E-state index in [2.05, 4.69) is 29.7 Å². The highest BCUT2D eigenvalue weighted by Crippen LogP contribution is 2.00. The molecule has 0 aliphatic heterocycles. The molecular formula is C4H8O2S2. The first-order valence-electron chi connectivity index (χ1n) is 2.19. The van der Waals surface area contributed by atoms with Crippen LogP contribution in [0.1, 0.15) is 13.3 Å². The van der Waals surface area contributed by atoms with Gasteiger partial charge in [-0.2, -0.15) is 12.6 Å². The zero-order valence-corrected chi connectivity index (χ0v) is 6.28. The number of carbonyl (C=O) groups excluding carboxylic acids is 1. The van der Waals surface area contributed by atoms with Crippen LogP contribution in [0.3, 0.4) is 0 Å². The minimum atomic E-state index is -0.337. The van der Waals surface area contributed by atoms with Crippen molar-refractivity contribution in [2.24, 2.45) is 0 Å². The van der Waals surface area contributed by atoms with Crippen LogP contribution in [0.2, 0.25) is 0 Å². The SMILES string of the molecule is CC(S)CC(=O)OS. The number of hydrogen-bond acceptors (Lipinski definition) is 4. The Morgan fingerprint density at radius 3 is 2.50 bits per heavy atom. The molecule has 1 atom stereocenters. The van der Waals surface area contributed by atoms with E-state index in [-0.39, 0.29) is 11.2 Å². The van der Waals surface area contributed by atoms with Crippen molar-refractivity contribution < 1.29 is 8.98 Å². The van der Waals surface area contributed by atoms with E-state index in [9.17, 15) is 4.79 Å². The Hall–Kier alpha value is 0.170. The van der Waals surface area contributed by atoms with Crippen LogP contribution >= 0.6 is 25.5 Å². The van der Waals surface area contributed by atoms with Crippen molar-refractivity contribution in [3.63, 3.8) is 0 Å². The van der Waals surface area contributed by atoms with E-state index >= 15 is 0 Å². The number of rotatable bonds is 2. The molecule has 0 aromatic heterocycles. The van der Waals surface area contributed by atoms with Gasteiger partial charge in [-0.1, -0.05) is 6.92 Å². The molecule has 0 aliphatic rings. The Balaban J connectivity index is 3.25. The van der Waals surface area contributed by atoms with Gasteiger partial charge in [-0.25, -0.2) is 0 Å². The minimum absolute atomic E-state index is 0.0506. The molecule has 0 radical (unpaired) electrons. The number of hydrogen-bond donors (Lipinski definition) is 2. The van der Waals surface area contributed by atoms with Crippen LogP contribution in [0.4, 0.5) is 0 Å². The van der Waals surface area contributed by atoms with Crippen molar-refractivity contribution in [2.75, 3.05) is 0 Å². The normalized spacial score (nSPS) is 12.9. The molecule has 0 N–H and O–H groups in total. The molecule has 0 saturated carbocycles. The molecule has 48 valence electrons. The Labute approximate surface area is 59.6 Å². The predicted molar refractivity (Wildman–Crippen MR) is 38.1 cm³/mol. The molecule has 0 aromatic rings. The lowest BCUT2D eigenvalue weighted by Gasteiger charge is -1.97. The van der Waals surface area contributed by atoms with Crippen LogP contribution in [0.15, 0.2) is 0 Å². The van der Waals surface area contributed by atoms with Gasteiger partial charge in [-0.15, -0.1) is 0 Å². The largest absolute Gasteiger partial charge is 0.395 e. The average Bonchev–Trinajstić information content (AvgIpc) is 1.65. The third kappa shape index (κ3) is 4.33. The zero-order chi connectivity index (χ0) is 6.57. The van der Waals surface area contributed by atoms with Crippen LogP contribution in [0, 0.1) is 0 Å². The third-order valence-electron chi connectivity index (χ3n) is 0.564. The van der Waals surface area contributed by atoms with Crippen LogP contribution in [0.25, 0.3) is 0 Å². The molecule has 0 spiro atoms. The highest BCUT2D eigenvalue weighted by Gasteiger charge is 2.03. The maximum Gasteiger partial charge on any atom is 0.318 e. The second-order valence-electron chi connectivity index (χ2n) is 1.52. The van der Waals surface area contributed by atoms with Gasteiger partial charge in [-0.05, 0) is 0 Å². The average molecular weight is 152 g/mol. The van der Waals surface area contributed by atoms with Gasteiger partial charge in [0.25, 0.3) is 0 Å². The second-order valence-corrected chi connectivity index (χ2v) is 2.58. The summed E-state index contributed by atoms with van der Waals surface area (Å²) in [5, 5.41) is 0.0506. The summed E-state index contributed by atoms with van der Waals surface area (Å²) in [7, 11) is 0. The van der Waals surface area contributed by atoms with Crippen LogP contribution < -0.4 is 0 Å². The van der Waals surface area contributed by atoms with Gasteiger partial charge >= 0.3 is 5.97 Å². The third-order valence-corrected chi connectivity index (χ3v) is 0.950. The molecule has 2 nitrogen and oxygen atoms in total. The molecule has 4 heteroatoms. The predicted octanol–water partition coefficient (Wildman–Crippen LogP) is 1.08. The summed E-state index contributed by atoms with van der Waals surface area (Å²) in [6, 6.07) is 0. The van der Waals surface area contributed by atoms with E-state index in [0.29, 0.717) is 6.42 Å². The topological polar surface area (TPSA) is 26.3 Å². The van der Waals surface area contributed by atoms with Gasteiger partial charge in [0.1, 0.15) is 0 Å². The monoisotopic (exact) mass is 152 g/mol. The summed E-state index contributed by atoms with van der Waals surface area (Å²) >= 11 is 7.26. The molecule has 0 amide bonds. The Bertz CT molecular complexity index is 82.1. The molecule has 0 heterocycles. The van der Waals surface area contributed by atoms with E-state index in [0.717, 1.165) is 0 Å². The van der Waals surface area contributed by atoms with Crippen molar-refractivity contribution in [3.05, 3.63) is 0 Å². The summed E-state index contributed by atoms with van der Waals surface area (Å²) in [5.74, 6) is -0.337. The molecule has 0 rings (SSSR count). The summed E-state index contributed by atoms with van der Waals surface area (Å²) in [4.78, 5) is 10.3. The fourth-order valence-electron chi connectivity index (χ4n) is 0.278. The zero-order valence-electron chi connectivity index (χ0n) is 4.50. The number of thiol groups is 2. The summed E-state index contributed by atoms with van der Waals surface area (Å²) < 4.78 is 4.07. The Morgan fingerprint density at radius 2 is 2.38 bits per heavy atom. The lowest BCUT2D eigenvalue weighted by Crippen LogP contribution is -2.03. The first-order valence-corrected chi connectivity index (χ1v) is 3.07. The van der Waals surface area contributed by atoms with Gasteiger partial charge in [0, 0.05) is 18.2 Å². The van der Waals surface area contributed by atoms with Crippen molar-refractivity contribution in [3.8, 4) is 0 Å². The molecule has 1 unspecified atom stereocenters. The first kappa shape index (κ1) is 8.17. The second kappa shape index (κ2) is 4.09. The molecule has 0 aromatic carbocycles. The Kier molecular flexibility index (Phi) is 4.18. The highest BCUT2D eigenvalue weighted by molar-refractivity contribution is 7.81. The van der Waals surface area contributed by atoms with Crippen LogP contribution in [-0.2, 0) is 8.98 Å². The van der Waals surface area contributed by atoms with E-state index in [1.807, 2.05) is 6.92 Å². The highest BCUT2D eigenvalue weighted by atomic mass is 32.1. The van der Waals surface area contributed by atoms with E-state index in [1.54, 1.807) is 0 Å². The number of carbonyl (C=O) groups is 1. The lowest BCUT2D eigenvalue weighted by molar-refractivity contribution is -0.132. The van der Waals surface area contributed by atoms with Crippen molar-refractivity contribution in [2.45, 2.75) is 18.6 Å². The van der Waals surface area contributed by atoms with E-state index in [4.69, 9.17) is 0 Å². The molecule has 0 fully saturated rings. The molecule has 0 saturated heterocycles. The van der Waals surface area contributed by atoms with Gasteiger partial charge in [-0.3, -0.25) is 4.79 Å². The fourth-order valence-corrected chi connectivity index (χ4v) is 0.502. The summed E-state index contributed by atoms with van der Waals surface area (Å²) in [6.07, 6.45) is 0.312. The maximum absolute atomic E-state index is 10.3. The maximum atomic E-state index is 10.3. The smallest absolute Gasteiger partial charge is 0.318 e. The van der Waals surface area contributed by atoms with Crippen molar-refractivity contribution in [1.82, 2.24) is 0 Å². The molecule has 8 heavy (non-hydrogen) atoms. The van der Waals surface area contributed by atoms with Crippen LogP contribution in [0.5, 0.6) is 0 Å². The fraction of sp³-hybridized carbons (Fsp3) is 0.750. The first-order chi connectivity index (χ1) is 3.66. The van der Waals surface area contributed by atoms with E-state index in [1.165, 1.54) is 0 Å². The van der Waals surface area contributed by atoms with Crippen molar-refractivity contribution in [1.29, 1.82) is 0 Å². The lowest BCUT2D eigenvalue weighted by atomic mass is 10.3. The van der Waals surface area contributed by atoms with Gasteiger partial charge in [0.05, 0.1) is 6.42 Å². The minimum Gasteiger partial charge on any atom is -0.395 e. The van der Waals surface area contributed by atoms with Crippen molar-refractivity contribution >= 4 is 31.5 Å².